The van der Waals surface area contributed by atoms with Crippen LogP contribution in [0.1, 0.15) is 29.5 Å². The van der Waals surface area contributed by atoms with Crippen molar-refractivity contribution in [3.05, 3.63) is 65.7 Å². The lowest BCUT2D eigenvalue weighted by atomic mass is 10.1. The molecule has 6 heteroatoms. The predicted molar refractivity (Wildman–Crippen MR) is 110 cm³/mol. The van der Waals surface area contributed by atoms with Crippen molar-refractivity contribution in [2.24, 2.45) is 11.7 Å². The second kappa shape index (κ2) is 7.97. The summed E-state index contributed by atoms with van der Waals surface area (Å²) in [6.45, 7) is 3.27. The van der Waals surface area contributed by atoms with Crippen LogP contribution in [0.4, 0.5) is 4.39 Å². The van der Waals surface area contributed by atoms with Crippen molar-refractivity contribution in [1.29, 1.82) is 0 Å². The Morgan fingerprint density at radius 1 is 1.25 bits per heavy atom. The fraction of sp³-hybridized carbons (Fsp3) is 0.318. The minimum Gasteiger partial charge on any atom is -0.451 e. The lowest BCUT2D eigenvalue weighted by Gasteiger charge is -2.20. The number of furan rings is 1. The van der Waals surface area contributed by atoms with E-state index in [0.717, 1.165) is 17.4 Å². The molecule has 2 unspecified atom stereocenters. The Morgan fingerprint density at radius 3 is 2.75 bits per heavy atom. The summed E-state index contributed by atoms with van der Waals surface area (Å²) in [6.07, 6.45) is 0.905. The summed E-state index contributed by atoms with van der Waals surface area (Å²) in [5.41, 5.74) is 7.31. The van der Waals surface area contributed by atoms with Gasteiger partial charge >= 0.3 is 0 Å². The Morgan fingerprint density at radius 2 is 2.00 bits per heavy atom. The fourth-order valence-corrected chi connectivity index (χ4v) is 4.82. The van der Waals surface area contributed by atoms with Gasteiger partial charge in [0.15, 0.2) is 5.76 Å². The molecule has 3 aromatic rings. The molecule has 2 atom stereocenters. The standard InChI is InChI=1S/C22H23FN2O2S/c1-14-10-15(11-24)12-25(14)22(26)21-17(16-6-2-4-8-19(16)27-21)13-28-20-9-5-3-7-18(20)23/h2-9,14-15H,10-13,24H2,1H3. The predicted octanol–water partition coefficient (Wildman–Crippen LogP) is 4.67. The maximum Gasteiger partial charge on any atom is 0.290 e. The topological polar surface area (TPSA) is 59.5 Å². The molecule has 0 radical (unpaired) electrons. The number of thioether (sulfide) groups is 1. The summed E-state index contributed by atoms with van der Waals surface area (Å²) >= 11 is 1.37. The van der Waals surface area contributed by atoms with Gasteiger partial charge in [0.25, 0.3) is 5.91 Å². The molecule has 1 amide bonds. The van der Waals surface area contributed by atoms with Crippen molar-refractivity contribution in [1.82, 2.24) is 4.90 Å². The van der Waals surface area contributed by atoms with Gasteiger partial charge in [-0.15, -0.1) is 11.8 Å². The van der Waals surface area contributed by atoms with Gasteiger partial charge in [-0.25, -0.2) is 4.39 Å². The van der Waals surface area contributed by atoms with E-state index in [0.29, 0.717) is 41.0 Å². The molecule has 1 saturated heterocycles. The highest BCUT2D eigenvalue weighted by atomic mass is 32.2. The molecule has 2 N–H and O–H groups in total. The first-order valence-electron chi connectivity index (χ1n) is 9.47. The Balaban J connectivity index is 1.67. The summed E-state index contributed by atoms with van der Waals surface area (Å²) < 4.78 is 20.0. The van der Waals surface area contributed by atoms with Crippen molar-refractivity contribution in [2.45, 2.75) is 30.0 Å². The normalized spacial score (nSPS) is 19.5. The van der Waals surface area contributed by atoms with Gasteiger partial charge in [0.2, 0.25) is 0 Å². The number of hydrogen-bond acceptors (Lipinski definition) is 4. The van der Waals surface area contributed by atoms with Crippen LogP contribution >= 0.6 is 11.8 Å². The van der Waals surface area contributed by atoms with Crippen LogP contribution in [-0.2, 0) is 5.75 Å². The molecule has 0 spiro atoms. The minimum absolute atomic E-state index is 0.108. The van der Waals surface area contributed by atoms with Crippen molar-refractivity contribution < 1.29 is 13.6 Å². The first-order valence-corrected chi connectivity index (χ1v) is 10.5. The van der Waals surface area contributed by atoms with E-state index >= 15 is 0 Å². The molecule has 1 fully saturated rings. The largest absolute Gasteiger partial charge is 0.451 e. The maximum atomic E-state index is 14.0. The number of hydrogen-bond donors (Lipinski definition) is 1. The van der Waals surface area contributed by atoms with Crippen LogP contribution in [0.25, 0.3) is 11.0 Å². The number of carbonyl (C=O) groups excluding carboxylic acids is 1. The molecule has 4 rings (SSSR count). The number of nitrogens with zero attached hydrogens (tertiary/aromatic N) is 1. The smallest absolute Gasteiger partial charge is 0.290 e. The molecule has 2 heterocycles. The Kier molecular flexibility index (Phi) is 5.42. The van der Waals surface area contributed by atoms with E-state index in [1.165, 1.54) is 17.8 Å². The fourth-order valence-electron chi connectivity index (χ4n) is 3.85. The Bertz CT molecular complexity index is 1000. The summed E-state index contributed by atoms with van der Waals surface area (Å²) in [4.78, 5) is 15.7. The Labute approximate surface area is 167 Å². The third-order valence-electron chi connectivity index (χ3n) is 5.36. The van der Waals surface area contributed by atoms with Gasteiger partial charge in [0.05, 0.1) is 0 Å². The van der Waals surface area contributed by atoms with Crippen LogP contribution in [0.3, 0.4) is 0 Å². The first-order chi connectivity index (χ1) is 13.6. The zero-order chi connectivity index (χ0) is 19.7. The number of likely N-dealkylation sites (tertiary alicyclic amines) is 1. The Hall–Kier alpha value is -2.31. The summed E-state index contributed by atoms with van der Waals surface area (Å²) in [7, 11) is 0. The van der Waals surface area contributed by atoms with E-state index in [-0.39, 0.29) is 17.8 Å². The quantitative estimate of drug-likeness (QED) is 0.635. The molecule has 1 aliphatic rings. The number of rotatable bonds is 5. The van der Waals surface area contributed by atoms with E-state index in [2.05, 4.69) is 0 Å². The highest BCUT2D eigenvalue weighted by molar-refractivity contribution is 7.98. The van der Waals surface area contributed by atoms with Crippen molar-refractivity contribution >= 4 is 28.6 Å². The molecule has 28 heavy (non-hydrogen) atoms. The van der Waals surface area contributed by atoms with Gasteiger partial charge < -0.3 is 15.1 Å². The zero-order valence-electron chi connectivity index (χ0n) is 15.7. The van der Waals surface area contributed by atoms with E-state index in [4.69, 9.17) is 10.2 Å². The summed E-state index contributed by atoms with van der Waals surface area (Å²) in [5, 5.41) is 0.900. The molecule has 0 saturated carbocycles. The van der Waals surface area contributed by atoms with Crippen molar-refractivity contribution in [3.8, 4) is 0 Å². The number of halogens is 1. The summed E-state index contributed by atoms with van der Waals surface area (Å²) in [6, 6.07) is 14.4. The third-order valence-corrected chi connectivity index (χ3v) is 6.43. The maximum absolute atomic E-state index is 14.0. The molecule has 1 aliphatic heterocycles. The van der Waals surface area contributed by atoms with E-state index in [1.807, 2.05) is 42.2 Å². The molecule has 4 nitrogen and oxygen atoms in total. The van der Waals surface area contributed by atoms with E-state index < -0.39 is 0 Å². The molecular formula is C22H23FN2O2S. The second-order valence-corrected chi connectivity index (χ2v) is 8.29. The van der Waals surface area contributed by atoms with Crippen LogP contribution < -0.4 is 5.73 Å². The molecule has 2 aromatic carbocycles. The molecule has 0 bridgehead atoms. The van der Waals surface area contributed by atoms with Gasteiger partial charge in [-0.3, -0.25) is 4.79 Å². The van der Waals surface area contributed by atoms with Crippen LogP contribution in [0, 0.1) is 11.7 Å². The van der Waals surface area contributed by atoms with E-state index in [1.54, 1.807) is 12.1 Å². The average molecular weight is 399 g/mol. The average Bonchev–Trinajstić information content (AvgIpc) is 3.27. The van der Waals surface area contributed by atoms with Crippen LogP contribution in [0.15, 0.2) is 57.8 Å². The van der Waals surface area contributed by atoms with Crippen molar-refractivity contribution in [2.75, 3.05) is 13.1 Å². The van der Waals surface area contributed by atoms with Crippen molar-refractivity contribution in [3.63, 3.8) is 0 Å². The van der Waals surface area contributed by atoms with Gasteiger partial charge in [-0.2, -0.15) is 0 Å². The molecule has 0 aliphatic carbocycles. The van der Waals surface area contributed by atoms with Gasteiger partial charge in [0, 0.05) is 34.2 Å². The second-order valence-electron chi connectivity index (χ2n) is 7.27. The third kappa shape index (κ3) is 3.54. The van der Waals surface area contributed by atoms with Gasteiger partial charge in [0.1, 0.15) is 11.4 Å². The zero-order valence-corrected chi connectivity index (χ0v) is 16.5. The summed E-state index contributed by atoms with van der Waals surface area (Å²) in [5.74, 6) is 0.770. The molecular weight excluding hydrogens is 375 g/mol. The first kappa shape index (κ1) is 19.0. The number of amides is 1. The monoisotopic (exact) mass is 398 g/mol. The number of carbonyl (C=O) groups is 1. The number of para-hydroxylation sites is 1. The SMILES string of the molecule is CC1CC(CN)CN1C(=O)c1oc2ccccc2c1CSc1ccccc1F. The van der Waals surface area contributed by atoms with Crippen LogP contribution in [0.2, 0.25) is 0 Å². The van der Waals surface area contributed by atoms with Crippen LogP contribution in [-0.4, -0.2) is 29.9 Å². The van der Waals surface area contributed by atoms with E-state index in [9.17, 15) is 9.18 Å². The number of benzene rings is 2. The molecule has 146 valence electrons. The highest BCUT2D eigenvalue weighted by Crippen LogP contribution is 2.35. The van der Waals surface area contributed by atoms with Gasteiger partial charge in [-0.1, -0.05) is 30.3 Å². The highest BCUT2D eigenvalue weighted by Gasteiger charge is 2.35. The minimum atomic E-state index is -0.257. The number of nitrogens with two attached hydrogens (primary N) is 1. The lowest BCUT2D eigenvalue weighted by Crippen LogP contribution is -2.34. The van der Waals surface area contributed by atoms with Crippen LogP contribution in [0.5, 0.6) is 0 Å². The molecule has 1 aromatic heterocycles. The van der Waals surface area contributed by atoms with Gasteiger partial charge in [-0.05, 0) is 44.0 Å². The lowest BCUT2D eigenvalue weighted by molar-refractivity contribution is 0.0712. The number of fused-ring (bicyclic) bond motifs is 1.